The van der Waals surface area contributed by atoms with Gasteiger partial charge in [0.25, 0.3) is 0 Å². The summed E-state index contributed by atoms with van der Waals surface area (Å²) >= 11 is 10.6. The number of rotatable bonds is 3. The SMILES string of the molecule is Cc1nn(Cc2ccc(F)cc2Cl)c(C)c1N=C=S. The van der Waals surface area contributed by atoms with E-state index < -0.39 is 0 Å². The van der Waals surface area contributed by atoms with E-state index >= 15 is 0 Å². The number of aryl methyl sites for hydroxylation is 1. The summed E-state index contributed by atoms with van der Waals surface area (Å²) in [5, 5.41) is 7.09. The highest BCUT2D eigenvalue weighted by Crippen LogP contribution is 2.25. The van der Waals surface area contributed by atoms with E-state index in [0.29, 0.717) is 17.3 Å². The zero-order valence-corrected chi connectivity index (χ0v) is 12.0. The van der Waals surface area contributed by atoms with Gasteiger partial charge >= 0.3 is 0 Å². The van der Waals surface area contributed by atoms with Crippen LogP contribution in [0, 0.1) is 19.7 Å². The third kappa shape index (κ3) is 2.89. The van der Waals surface area contributed by atoms with Crippen molar-refractivity contribution in [3.8, 4) is 0 Å². The van der Waals surface area contributed by atoms with Gasteiger partial charge in [0.05, 0.1) is 23.1 Å². The van der Waals surface area contributed by atoms with Crippen LogP contribution < -0.4 is 0 Å². The molecule has 6 heteroatoms. The zero-order chi connectivity index (χ0) is 14.0. The number of hydrogen-bond acceptors (Lipinski definition) is 3. The summed E-state index contributed by atoms with van der Waals surface area (Å²) in [6.45, 7) is 4.20. The molecule has 1 aromatic heterocycles. The number of aromatic nitrogens is 2. The number of isothiocyanates is 1. The van der Waals surface area contributed by atoms with Crippen LogP contribution >= 0.6 is 23.8 Å². The topological polar surface area (TPSA) is 30.2 Å². The molecule has 0 spiro atoms. The first-order valence-electron chi connectivity index (χ1n) is 5.58. The Morgan fingerprint density at radius 1 is 1.47 bits per heavy atom. The fourth-order valence-corrected chi connectivity index (χ4v) is 2.18. The number of thiocarbonyl (C=S) groups is 1. The van der Waals surface area contributed by atoms with E-state index in [0.717, 1.165) is 17.0 Å². The van der Waals surface area contributed by atoms with Crippen molar-refractivity contribution in [1.29, 1.82) is 0 Å². The molecular formula is C13H11ClFN3S. The molecule has 3 nitrogen and oxygen atoms in total. The molecule has 0 bridgehead atoms. The molecule has 0 atom stereocenters. The van der Waals surface area contributed by atoms with E-state index in [1.54, 1.807) is 10.7 Å². The molecule has 0 unspecified atom stereocenters. The summed E-state index contributed by atoms with van der Waals surface area (Å²) in [5.41, 5.74) is 3.16. The number of aliphatic imine (C=N–C) groups is 1. The fraction of sp³-hybridized carbons (Fsp3) is 0.231. The maximum Gasteiger partial charge on any atom is 0.124 e. The van der Waals surface area contributed by atoms with Crippen LogP contribution in [0.1, 0.15) is 17.0 Å². The molecule has 0 radical (unpaired) electrons. The van der Waals surface area contributed by atoms with Crippen molar-refractivity contribution in [3.05, 3.63) is 46.0 Å². The van der Waals surface area contributed by atoms with E-state index in [4.69, 9.17) is 11.6 Å². The summed E-state index contributed by atoms with van der Waals surface area (Å²) in [4.78, 5) is 3.99. The van der Waals surface area contributed by atoms with Gasteiger partial charge in [-0.2, -0.15) is 10.1 Å². The minimum Gasteiger partial charge on any atom is -0.263 e. The summed E-state index contributed by atoms with van der Waals surface area (Å²) < 4.78 is 14.8. The van der Waals surface area contributed by atoms with Gasteiger partial charge in [-0.1, -0.05) is 17.7 Å². The molecule has 0 saturated carbocycles. The number of benzene rings is 1. The lowest BCUT2D eigenvalue weighted by Gasteiger charge is -2.06. The summed E-state index contributed by atoms with van der Waals surface area (Å²) in [7, 11) is 0. The van der Waals surface area contributed by atoms with Crippen LogP contribution in [0.15, 0.2) is 23.2 Å². The number of halogens is 2. The van der Waals surface area contributed by atoms with E-state index in [1.165, 1.54) is 12.1 Å². The minimum absolute atomic E-state index is 0.354. The molecule has 19 heavy (non-hydrogen) atoms. The van der Waals surface area contributed by atoms with Gasteiger partial charge in [-0.15, -0.1) is 0 Å². The van der Waals surface area contributed by atoms with Crippen molar-refractivity contribution >= 4 is 34.7 Å². The molecule has 2 rings (SSSR count). The van der Waals surface area contributed by atoms with Crippen LogP contribution in [0.5, 0.6) is 0 Å². The standard InChI is InChI=1S/C13H11ClFN3S/c1-8-13(16-7-19)9(2)18(17-8)6-10-3-4-11(15)5-12(10)14/h3-5H,6H2,1-2H3. The van der Waals surface area contributed by atoms with Crippen molar-refractivity contribution in [1.82, 2.24) is 9.78 Å². The summed E-state index contributed by atoms with van der Waals surface area (Å²) in [6.07, 6.45) is 0. The Kier molecular flexibility index (Phi) is 4.10. The second kappa shape index (κ2) is 5.61. The smallest absolute Gasteiger partial charge is 0.124 e. The van der Waals surface area contributed by atoms with Crippen molar-refractivity contribution < 1.29 is 4.39 Å². The monoisotopic (exact) mass is 295 g/mol. The second-order valence-electron chi connectivity index (χ2n) is 4.12. The van der Waals surface area contributed by atoms with Gasteiger partial charge in [-0.3, -0.25) is 4.68 Å². The summed E-state index contributed by atoms with van der Waals surface area (Å²) in [5.74, 6) is -0.354. The van der Waals surface area contributed by atoms with E-state index in [1.807, 2.05) is 13.8 Å². The average molecular weight is 296 g/mol. The zero-order valence-electron chi connectivity index (χ0n) is 10.4. The minimum atomic E-state index is -0.354. The second-order valence-corrected chi connectivity index (χ2v) is 4.71. The number of hydrogen-bond donors (Lipinski definition) is 0. The van der Waals surface area contributed by atoms with Crippen LogP contribution in [0.2, 0.25) is 5.02 Å². The quantitative estimate of drug-likeness (QED) is 0.631. The fourth-order valence-electron chi connectivity index (χ4n) is 1.86. The Bertz CT molecular complexity index is 675. The van der Waals surface area contributed by atoms with Gasteiger partial charge in [0, 0.05) is 5.02 Å². The highest BCUT2D eigenvalue weighted by Gasteiger charge is 2.12. The largest absolute Gasteiger partial charge is 0.263 e. The highest BCUT2D eigenvalue weighted by molar-refractivity contribution is 7.78. The van der Waals surface area contributed by atoms with Gasteiger partial charge in [-0.25, -0.2) is 4.39 Å². The molecule has 2 aromatic rings. The van der Waals surface area contributed by atoms with Crippen molar-refractivity contribution in [2.75, 3.05) is 0 Å². The van der Waals surface area contributed by atoms with Gasteiger partial charge in [0.2, 0.25) is 0 Å². The third-order valence-corrected chi connectivity index (χ3v) is 3.28. The van der Waals surface area contributed by atoms with Crippen LogP contribution in [0.25, 0.3) is 0 Å². The molecule has 0 aliphatic rings. The van der Waals surface area contributed by atoms with Gasteiger partial charge in [-0.05, 0) is 43.8 Å². The Balaban J connectivity index is 2.39. The van der Waals surface area contributed by atoms with Crippen LogP contribution in [-0.4, -0.2) is 14.9 Å². The molecule has 98 valence electrons. The Hall–Kier alpha value is -1.55. The van der Waals surface area contributed by atoms with Crippen LogP contribution in [0.3, 0.4) is 0 Å². The van der Waals surface area contributed by atoms with E-state index in [9.17, 15) is 4.39 Å². The van der Waals surface area contributed by atoms with E-state index in [2.05, 4.69) is 27.5 Å². The number of nitrogens with zero attached hydrogens (tertiary/aromatic N) is 3. The van der Waals surface area contributed by atoms with Gasteiger partial charge in [0.15, 0.2) is 0 Å². The molecule has 0 fully saturated rings. The van der Waals surface area contributed by atoms with Gasteiger partial charge < -0.3 is 0 Å². The molecule has 0 aliphatic carbocycles. The molecule has 0 aliphatic heterocycles. The van der Waals surface area contributed by atoms with Crippen LogP contribution in [0.4, 0.5) is 10.1 Å². The molecular weight excluding hydrogens is 285 g/mol. The van der Waals surface area contributed by atoms with Crippen LogP contribution in [-0.2, 0) is 6.54 Å². The van der Waals surface area contributed by atoms with Crippen molar-refractivity contribution in [2.45, 2.75) is 20.4 Å². The summed E-state index contributed by atoms with van der Waals surface area (Å²) in [6, 6.07) is 4.32. The normalized spacial score (nSPS) is 10.3. The molecule has 1 aromatic carbocycles. The predicted molar refractivity (Wildman–Crippen MR) is 76.9 cm³/mol. The lowest BCUT2D eigenvalue weighted by atomic mass is 10.2. The lowest BCUT2D eigenvalue weighted by molar-refractivity contribution is 0.622. The molecule has 0 N–H and O–H groups in total. The lowest BCUT2D eigenvalue weighted by Crippen LogP contribution is -2.04. The predicted octanol–water partition coefficient (Wildman–Crippen LogP) is 4.08. The van der Waals surface area contributed by atoms with Crippen molar-refractivity contribution in [3.63, 3.8) is 0 Å². The first-order valence-corrected chi connectivity index (χ1v) is 6.37. The Morgan fingerprint density at radius 3 is 2.84 bits per heavy atom. The molecule has 0 amide bonds. The maximum atomic E-state index is 13.0. The first kappa shape index (κ1) is 13.9. The molecule has 0 saturated heterocycles. The highest BCUT2D eigenvalue weighted by atomic mass is 35.5. The third-order valence-electron chi connectivity index (χ3n) is 2.84. The van der Waals surface area contributed by atoms with E-state index in [-0.39, 0.29) is 5.82 Å². The average Bonchev–Trinajstić information content (AvgIpc) is 2.61. The molecule has 1 heterocycles. The van der Waals surface area contributed by atoms with Gasteiger partial charge in [0.1, 0.15) is 11.5 Å². The first-order chi connectivity index (χ1) is 9.02. The Labute approximate surface area is 120 Å². The Morgan fingerprint density at radius 2 is 2.21 bits per heavy atom. The maximum absolute atomic E-state index is 13.0. The van der Waals surface area contributed by atoms with Crippen molar-refractivity contribution in [2.24, 2.45) is 4.99 Å².